The molecule has 6 N–H and O–H groups in total. The largest absolute Gasteiger partial charge is 0.392 e. The van der Waals surface area contributed by atoms with E-state index in [1.165, 1.54) is 0 Å². The Morgan fingerprint density at radius 2 is 1.30 bits per heavy atom. The predicted octanol–water partition coefficient (Wildman–Crippen LogP) is 0.528. The molecule has 1 aromatic rings. The number of aliphatic hydroxyl groups is 2. The number of carbonyl (C=O) groups excluding carboxylic acids is 4. The Morgan fingerprint density at radius 3 is 1.79 bits per heavy atom. The summed E-state index contributed by atoms with van der Waals surface area (Å²) >= 11 is 0. The summed E-state index contributed by atoms with van der Waals surface area (Å²) in [6, 6.07) is 4.71. The number of benzene rings is 1. The van der Waals surface area contributed by atoms with Crippen molar-refractivity contribution in [1.82, 2.24) is 16.0 Å². The molecule has 0 spiro atoms. The van der Waals surface area contributed by atoms with Crippen LogP contribution in [0, 0.1) is 0 Å². The number of rotatable bonds is 14. The van der Waals surface area contributed by atoms with Crippen molar-refractivity contribution in [3.63, 3.8) is 0 Å². The van der Waals surface area contributed by atoms with Gasteiger partial charge in [0.05, 0.1) is 32.8 Å². The second kappa shape index (κ2) is 14.8. The highest BCUT2D eigenvalue weighted by molar-refractivity contribution is 8.76. The van der Waals surface area contributed by atoms with Crippen LogP contribution in [-0.2, 0) is 32.4 Å². The summed E-state index contributed by atoms with van der Waals surface area (Å²) in [5.41, 5.74) is 1.43. The number of hydrogen-bond acceptors (Lipinski definition) is 8. The van der Waals surface area contributed by atoms with Crippen LogP contribution in [0.4, 0.5) is 5.69 Å². The first kappa shape index (κ1) is 28.8. The Labute approximate surface area is 201 Å². The fraction of sp³-hybridized carbons (Fsp3) is 0.524. The lowest BCUT2D eigenvalue weighted by Crippen LogP contribution is -2.43. The van der Waals surface area contributed by atoms with Gasteiger partial charge in [0.25, 0.3) is 0 Å². The van der Waals surface area contributed by atoms with Gasteiger partial charge in [-0.2, -0.15) is 0 Å². The van der Waals surface area contributed by atoms with Crippen molar-refractivity contribution in [2.75, 3.05) is 31.2 Å². The lowest BCUT2D eigenvalue weighted by atomic mass is 10.1. The normalized spacial score (nSPS) is 10.9. The monoisotopic (exact) mass is 500 g/mol. The van der Waals surface area contributed by atoms with Crippen molar-refractivity contribution in [3.8, 4) is 0 Å². The third-order valence-electron chi connectivity index (χ3n) is 4.30. The molecule has 0 aliphatic carbocycles. The molecule has 1 rings (SSSR count). The number of carbonyl (C=O) groups is 4. The topological polar surface area (TPSA) is 157 Å². The first-order chi connectivity index (χ1) is 15.6. The molecule has 0 aliphatic heterocycles. The predicted molar refractivity (Wildman–Crippen MR) is 130 cm³/mol. The zero-order chi connectivity index (χ0) is 24.9. The average molecular weight is 501 g/mol. The fourth-order valence-corrected chi connectivity index (χ4v) is 4.89. The van der Waals surface area contributed by atoms with Gasteiger partial charge in [-0.05, 0) is 49.8 Å². The Hall–Kier alpha value is -2.28. The summed E-state index contributed by atoms with van der Waals surface area (Å²) in [6.07, 6.45) is 2.94. The lowest BCUT2D eigenvalue weighted by molar-refractivity contribution is -0.128. The molecular weight excluding hydrogens is 468 g/mol. The van der Waals surface area contributed by atoms with E-state index in [9.17, 15) is 29.4 Å². The SMILES string of the molecule is CSSC(C)(C)CCC(=O)NCC(=O)NCC(=O)NCC(=O)Nc1cc(CO)cc(CO)c1. The number of aliphatic hydroxyl groups excluding tert-OH is 2. The molecule has 0 saturated carbocycles. The molecule has 0 aliphatic rings. The maximum absolute atomic E-state index is 12.0. The highest BCUT2D eigenvalue weighted by Gasteiger charge is 2.20. The molecule has 0 atom stereocenters. The van der Waals surface area contributed by atoms with Crippen molar-refractivity contribution in [2.45, 2.75) is 44.6 Å². The summed E-state index contributed by atoms with van der Waals surface area (Å²) in [4.78, 5) is 47.6. The van der Waals surface area contributed by atoms with Gasteiger partial charge in [-0.25, -0.2) is 0 Å². The minimum Gasteiger partial charge on any atom is -0.392 e. The quantitative estimate of drug-likeness (QED) is 0.202. The van der Waals surface area contributed by atoms with E-state index in [1.807, 2.05) is 20.1 Å². The molecule has 12 heteroatoms. The maximum Gasteiger partial charge on any atom is 0.243 e. The smallest absolute Gasteiger partial charge is 0.243 e. The maximum atomic E-state index is 12.0. The molecule has 33 heavy (non-hydrogen) atoms. The lowest BCUT2D eigenvalue weighted by Gasteiger charge is -2.21. The third kappa shape index (κ3) is 12.5. The van der Waals surface area contributed by atoms with Crippen molar-refractivity contribution in [2.24, 2.45) is 0 Å². The highest BCUT2D eigenvalue weighted by Crippen LogP contribution is 2.36. The number of hydrogen-bond donors (Lipinski definition) is 6. The minimum atomic E-state index is -0.569. The first-order valence-electron chi connectivity index (χ1n) is 10.2. The highest BCUT2D eigenvalue weighted by atomic mass is 33.1. The van der Waals surface area contributed by atoms with E-state index in [0.29, 0.717) is 29.7 Å². The summed E-state index contributed by atoms with van der Waals surface area (Å²) in [6.45, 7) is 2.70. The first-order valence-corrected chi connectivity index (χ1v) is 12.8. The van der Waals surface area contributed by atoms with E-state index < -0.39 is 17.7 Å². The van der Waals surface area contributed by atoms with Crippen LogP contribution in [0.15, 0.2) is 18.2 Å². The van der Waals surface area contributed by atoms with Gasteiger partial charge in [-0.3, -0.25) is 19.2 Å². The van der Waals surface area contributed by atoms with Crippen LogP contribution in [0.3, 0.4) is 0 Å². The second-order valence-electron chi connectivity index (χ2n) is 7.74. The zero-order valence-electron chi connectivity index (χ0n) is 19.0. The molecule has 1 aromatic carbocycles. The minimum absolute atomic E-state index is 0.0495. The molecule has 0 fully saturated rings. The molecule has 0 unspecified atom stereocenters. The van der Waals surface area contributed by atoms with Gasteiger partial charge in [0, 0.05) is 16.9 Å². The van der Waals surface area contributed by atoms with Gasteiger partial charge in [0.15, 0.2) is 0 Å². The van der Waals surface area contributed by atoms with Crippen molar-refractivity contribution < 1.29 is 29.4 Å². The summed E-state index contributed by atoms with van der Waals surface area (Å²) in [5, 5.41) is 28.3. The number of nitrogens with one attached hydrogen (secondary N) is 4. The van der Waals surface area contributed by atoms with Crippen molar-refractivity contribution in [1.29, 1.82) is 0 Å². The van der Waals surface area contributed by atoms with Gasteiger partial charge in [0.2, 0.25) is 23.6 Å². The summed E-state index contributed by atoms with van der Waals surface area (Å²) in [7, 11) is 3.32. The summed E-state index contributed by atoms with van der Waals surface area (Å²) in [5.74, 6) is -1.84. The van der Waals surface area contributed by atoms with Gasteiger partial charge in [-0.1, -0.05) is 27.7 Å². The number of amides is 4. The zero-order valence-corrected chi connectivity index (χ0v) is 20.7. The van der Waals surface area contributed by atoms with Crippen LogP contribution in [0.25, 0.3) is 0 Å². The molecule has 0 aromatic heterocycles. The van der Waals surface area contributed by atoms with E-state index >= 15 is 0 Å². The standard InChI is InChI=1S/C21H32N4O6S2/c1-21(2,33-32-3)5-4-17(28)22-9-18(29)23-10-19(30)24-11-20(31)25-16-7-14(12-26)6-15(8-16)13-27/h6-8,26-27H,4-5,9-13H2,1-3H3,(H,22,28)(H,23,29)(H,24,30)(H,25,31). The van der Waals surface area contributed by atoms with E-state index in [1.54, 1.807) is 39.8 Å². The van der Waals surface area contributed by atoms with Crippen LogP contribution in [-0.4, -0.2) is 64.5 Å². The van der Waals surface area contributed by atoms with Gasteiger partial charge >= 0.3 is 0 Å². The Balaban J connectivity index is 2.29. The summed E-state index contributed by atoms with van der Waals surface area (Å²) < 4.78 is -0.0495. The van der Waals surface area contributed by atoms with Gasteiger partial charge < -0.3 is 31.5 Å². The molecule has 0 heterocycles. The third-order valence-corrected chi connectivity index (χ3v) is 6.98. The van der Waals surface area contributed by atoms with E-state index in [4.69, 9.17) is 0 Å². The van der Waals surface area contributed by atoms with Crippen LogP contribution in [0.2, 0.25) is 0 Å². The Morgan fingerprint density at radius 1 is 0.818 bits per heavy atom. The van der Waals surface area contributed by atoms with E-state index in [-0.39, 0.29) is 43.5 Å². The molecular formula is C21H32N4O6S2. The van der Waals surface area contributed by atoms with Crippen LogP contribution in [0.5, 0.6) is 0 Å². The van der Waals surface area contributed by atoms with Crippen LogP contribution >= 0.6 is 21.6 Å². The molecule has 0 bridgehead atoms. The van der Waals surface area contributed by atoms with E-state index in [2.05, 4.69) is 21.3 Å². The van der Waals surface area contributed by atoms with E-state index in [0.717, 1.165) is 0 Å². The van der Waals surface area contributed by atoms with Gasteiger partial charge in [0.1, 0.15) is 0 Å². The molecule has 0 radical (unpaired) electrons. The molecule has 0 saturated heterocycles. The Bertz CT molecular complexity index is 813. The molecule has 184 valence electrons. The van der Waals surface area contributed by atoms with Crippen LogP contribution in [0.1, 0.15) is 37.8 Å². The van der Waals surface area contributed by atoms with Crippen LogP contribution < -0.4 is 21.3 Å². The second-order valence-corrected chi connectivity index (χ2v) is 10.8. The fourth-order valence-electron chi connectivity index (χ4n) is 2.65. The van der Waals surface area contributed by atoms with Gasteiger partial charge in [-0.15, -0.1) is 0 Å². The number of anilines is 1. The Kier molecular flexibility index (Phi) is 12.9. The molecule has 4 amide bonds. The van der Waals surface area contributed by atoms with Crippen molar-refractivity contribution >= 4 is 50.9 Å². The average Bonchev–Trinajstić information content (AvgIpc) is 2.78. The van der Waals surface area contributed by atoms with Crippen molar-refractivity contribution in [3.05, 3.63) is 29.3 Å². The molecule has 10 nitrogen and oxygen atoms in total.